The van der Waals surface area contributed by atoms with Crippen molar-refractivity contribution in [2.75, 3.05) is 0 Å². The Labute approximate surface area is 244 Å². The molecule has 0 atom stereocenters. The highest BCUT2D eigenvalue weighted by Crippen LogP contribution is 2.29. The quantitative estimate of drug-likeness (QED) is 0.0972. The first kappa shape index (κ1) is 30.2. The molecule has 0 unspecified atom stereocenters. The number of hydrogen-bond acceptors (Lipinski definition) is 3. The molecule has 3 aromatic carbocycles. The standard InChI is InChI=1S/C37H43NO3/c1-3-5-7-9-14-18-35(39)30-22-25-34-32(26-30)33(36(40)19-15-10-8-6-4-2)27-38(34)31-23-20-29(21-24-31)37(41)28-16-12-11-13-17-28/h11-13,16-17,20-27H,3-10,14-15,18-19H2,1-2H3. The third-order valence-electron chi connectivity index (χ3n) is 7.89. The second-order valence-corrected chi connectivity index (χ2v) is 11.1. The first-order valence-corrected chi connectivity index (χ1v) is 15.4. The van der Waals surface area contributed by atoms with Gasteiger partial charge < -0.3 is 4.57 Å². The lowest BCUT2D eigenvalue weighted by Crippen LogP contribution is -2.02. The van der Waals surface area contributed by atoms with Crippen molar-refractivity contribution < 1.29 is 14.4 Å². The minimum atomic E-state index is -0.0219. The number of hydrogen-bond donors (Lipinski definition) is 0. The average Bonchev–Trinajstić information content (AvgIpc) is 3.40. The molecule has 0 fully saturated rings. The predicted molar refractivity (Wildman–Crippen MR) is 169 cm³/mol. The minimum absolute atomic E-state index is 0.0219. The molecule has 41 heavy (non-hydrogen) atoms. The van der Waals surface area contributed by atoms with Crippen LogP contribution in [-0.2, 0) is 0 Å². The first-order chi connectivity index (χ1) is 20.0. The van der Waals surface area contributed by atoms with E-state index >= 15 is 0 Å². The van der Waals surface area contributed by atoms with Gasteiger partial charge in [0.1, 0.15) is 0 Å². The first-order valence-electron chi connectivity index (χ1n) is 15.4. The van der Waals surface area contributed by atoms with Crippen molar-refractivity contribution >= 4 is 28.3 Å². The summed E-state index contributed by atoms with van der Waals surface area (Å²) < 4.78 is 2.01. The van der Waals surface area contributed by atoms with Crippen LogP contribution in [-0.4, -0.2) is 21.9 Å². The van der Waals surface area contributed by atoms with Gasteiger partial charge in [0, 0.05) is 52.4 Å². The zero-order chi connectivity index (χ0) is 29.0. The largest absolute Gasteiger partial charge is 0.316 e. The summed E-state index contributed by atoms with van der Waals surface area (Å²) in [7, 11) is 0. The zero-order valence-corrected chi connectivity index (χ0v) is 24.7. The minimum Gasteiger partial charge on any atom is -0.316 e. The lowest BCUT2D eigenvalue weighted by Gasteiger charge is -2.08. The number of nitrogens with zero attached hydrogens (tertiary/aromatic N) is 1. The number of carbonyl (C=O) groups excluding carboxylic acids is 3. The maximum atomic E-state index is 13.4. The van der Waals surface area contributed by atoms with Crippen molar-refractivity contribution in [1.82, 2.24) is 4.57 Å². The van der Waals surface area contributed by atoms with E-state index in [9.17, 15) is 14.4 Å². The van der Waals surface area contributed by atoms with Gasteiger partial charge in [-0.15, -0.1) is 0 Å². The maximum Gasteiger partial charge on any atom is 0.193 e. The summed E-state index contributed by atoms with van der Waals surface area (Å²) in [6.45, 7) is 4.38. The van der Waals surface area contributed by atoms with Gasteiger partial charge in [0.25, 0.3) is 0 Å². The maximum absolute atomic E-state index is 13.4. The molecule has 0 amide bonds. The highest BCUT2D eigenvalue weighted by Gasteiger charge is 2.18. The van der Waals surface area contributed by atoms with Gasteiger partial charge in [-0.2, -0.15) is 0 Å². The third-order valence-corrected chi connectivity index (χ3v) is 7.89. The molecule has 4 aromatic rings. The van der Waals surface area contributed by atoms with E-state index < -0.39 is 0 Å². The van der Waals surface area contributed by atoms with Crippen molar-refractivity contribution in [1.29, 1.82) is 0 Å². The molecule has 0 spiro atoms. The number of fused-ring (bicyclic) bond motifs is 1. The molecule has 0 saturated carbocycles. The Morgan fingerprint density at radius 3 is 1.78 bits per heavy atom. The molecule has 0 radical (unpaired) electrons. The van der Waals surface area contributed by atoms with Crippen molar-refractivity contribution in [3.63, 3.8) is 0 Å². The van der Waals surface area contributed by atoms with Gasteiger partial charge in [-0.25, -0.2) is 0 Å². The molecule has 0 aliphatic heterocycles. The van der Waals surface area contributed by atoms with E-state index in [0.717, 1.165) is 55.1 Å². The molecule has 0 saturated heterocycles. The zero-order valence-electron chi connectivity index (χ0n) is 24.7. The van der Waals surface area contributed by atoms with Gasteiger partial charge in [-0.3, -0.25) is 14.4 Å². The molecule has 0 N–H and O–H groups in total. The summed E-state index contributed by atoms with van der Waals surface area (Å²) in [5.74, 6) is 0.231. The van der Waals surface area contributed by atoms with E-state index in [2.05, 4.69) is 13.8 Å². The topological polar surface area (TPSA) is 56.1 Å². The van der Waals surface area contributed by atoms with Crippen LogP contribution in [0, 0.1) is 0 Å². The van der Waals surface area contributed by atoms with E-state index in [0.29, 0.717) is 35.1 Å². The Morgan fingerprint density at radius 1 is 0.585 bits per heavy atom. The van der Waals surface area contributed by atoms with Crippen LogP contribution in [0.3, 0.4) is 0 Å². The third kappa shape index (κ3) is 7.91. The molecular formula is C37H43NO3. The van der Waals surface area contributed by atoms with Crippen molar-refractivity contribution in [2.45, 2.75) is 90.9 Å². The summed E-state index contributed by atoms with van der Waals surface area (Å²) in [6.07, 6.45) is 13.9. The van der Waals surface area contributed by atoms with E-state index in [4.69, 9.17) is 0 Å². The number of benzene rings is 3. The van der Waals surface area contributed by atoms with E-state index in [1.807, 2.05) is 83.6 Å². The predicted octanol–water partition coefficient (Wildman–Crippen LogP) is 9.95. The molecule has 0 aliphatic rings. The van der Waals surface area contributed by atoms with Gasteiger partial charge in [0.15, 0.2) is 17.3 Å². The van der Waals surface area contributed by atoms with Crippen LogP contribution < -0.4 is 0 Å². The molecule has 0 aliphatic carbocycles. The van der Waals surface area contributed by atoms with Crippen molar-refractivity contribution in [2.24, 2.45) is 0 Å². The summed E-state index contributed by atoms with van der Waals surface area (Å²) >= 11 is 0. The Kier molecular flexibility index (Phi) is 11.2. The van der Waals surface area contributed by atoms with Crippen LogP contribution in [0.25, 0.3) is 16.6 Å². The fraction of sp³-hybridized carbons (Fsp3) is 0.378. The highest BCUT2D eigenvalue weighted by atomic mass is 16.1. The molecule has 4 rings (SSSR count). The molecule has 4 nitrogen and oxygen atoms in total. The van der Waals surface area contributed by atoms with E-state index in [1.165, 1.54) is 25.7 Å². The number of Topliss-reactive ketones (excluding diaryl/α,β-unsaturated/α-hetero) is 2. The smallest absolute Gasteiger partial charge is 0.193 e. The summed E-state index contributed by atoms with van der Waals surface area (Å²) in [4.78, 5) is 39.4. The number of ketones is 3. The lowest BCUT2D eigenvalue weighted by molar-refractivity contribution is 0.0970. The second-order valence-electron chi connectivity index (χ2n) is 11.1. The van der Waals surface area contributed by atoms with Crippen LogP contribution in [0.2, 0.25) is 0 Å². The van der Waals surface area contributed by atoms with Crippen LogP contribution in [0.15, 0.2) is 79.0 Å². The Bertz CT molecular complexity index is 1450. The van der Waals surface area contributed by atoms with Crippen molar-refractivity contribution in [3.8, 4) is 5.69 Å². The number of unbranched alkanes of at least 4 members (excludes halogenated alkanes) is 8. The Hall–Kier alpha value is -3.79. The molecule has 4 heteroatoms. The van der Waals surface area contributed by atoms with Crippen LogP contribution >= 0.6 is 0 Å². The molecule has 1 heterocycles. The fourth-order valence-electron chi connectivity index (χ4n) is 5.43. The van der Waals surface area contributed by atoms with E-state index in [-0.39, 0.29) is 17.3 Å². The van der Waals surface area contributed by atoms with Gasteiger partial charge in [-0.05, 0) is 55.3 Å². The van der Waals surface area contributed by atoms with Gasteiger partial charge in [0.05, 0.1) is 5.52 Å². The number of aromatic nitrogens is 1. The van der Waals surface area contributed by atoms with E-state index in [1.54, 1.807) is 0 Å². The van der Waals surface area contributed by atoms with Crippen LogP contribution in [0.5, 0.6) is 0 Å². The molecule has 0 bridgehead atoms. The monoisotopic (exact) mass is 549 g/mol. The normalized spacial score (nSPS) is 11.2. The molecule has 214 valence electrons. The second kappa shape index (κ2) is 15.3. The van der Waals surface area contributed by atoms with Crippen LogP contribution in [0.4, 0.5) is 0 Å². The summed E-state index contributed by atoms with van der Waals surface area (Å²) in [5, 5.41) is 0.824. The van der Waals surface area contributed by atoms with Gasteiger partial charge in [0.2, 0.25) is 0 Å². The fourth-order valence-corrected chi connectivity index (χ4v) is 5.43. The SMILES string of the molecule is CCCCCCCC(=O)c1ccc2c(c1)c(C(=O)CCCCCCC)cn2-c1ccc(C(=O)c2ccccc2)cc1. The summed E-state index contributed by atoms with van der Waals surface area (Å²) in [5.41, 5.74) is 4.37. The van der Waals surface area contributed by atoms with Gasteiger partial charge in [-0.1, -0.05) is 95.5 Å². The summed E-state index contributed by atoms with van der Waals surface area (Å²) in [6, 6.07) is 22.5. The molecule has 1 aromatic heterocycles. The number of carbonyl (C=O) groups is 3. The average molecular weight is 550 g/mol. The lowest BCUT2D eigenvalue weighted by atomic mass is 9.99. The van der Waals surface area contributed by atoms with Gasteiger partial charge >= 0.3 is 0 Å². The Balaban J connectivity index is 1.61. The highest BCUT2D eigenvalue weighted by molar-refractivity contribution is 6.11. The van der Waals surface area contributed by atoms with Crippen LogP contribution in [0.1, 0.15) is 128 Å². The molecular weight excluding hydrogens is 506 g/mol. The number of rotatable bonds is 17. The Morgan fingerprint density at radius 2 is 1.15 bits per heavy atom. The van der Waals surface area contributed by atoms with Crippen molar-refractivity contribution in [3.05, 3.63) is 101 Å².